The molecule has 0 spiro atoms. The number of methoxy groups -OCH3 is 1. The third kappa shape index (κ3) is 5.98. The van der Waals surface area contributed by atoms with E-state index in [4.69, 9.17) is 9.47 Å². The van der Waals surface area contributed by atoms with E-state index in [1.165, 1.54) is 20.1 Å². The molecule has 8 nitrogen and oxygen atoms in total. The van der Waals surface area contributed by atoms with Crippen LogP contribution in [0.1, 0.15) is 38.1 Å². The van der Waals surface area contributed by atoms with Gasteiger partial charge in [-0.25, -0.2) is 0 Å². The van der Waals surface area contributed by atoms with Gasteiger partial charge in [0, 0.05) is 12.5 Å². The van der Waals surface area contributed by atoms with Crippen LogP contribution in [-0.2, 0) is 9.59 Å². The van der Waals surface area contributed by atoms with Crippen molar-refractivity contribution in [2.24, 2.45) is 5.92 Å². The van der Waals surface area contributed by atoms with E-state index in [1.807, 2.05) is 6.92 Å². The Bertz CT molecular complexity index is 631. The van der Waals surface area contributed by atoms with Gasteiger partial charge < -0.3 is 14.8 Å². The van der Waals surface area contributed by atoms with E-state index in [2.05, 4.69) is 16.2 Å². The summed E-state index contributed by atoms with van der Waals surface area (Å²) in [5, 5.41) is 2.54. The van der Waals surface area contributed by atoms with Gasteiger partial charge >= 0.3 is 0 Å². The predicted molar refractivity (Wildman–Crippen MR) is 92.2 cm³/mol. The van der Waals surface area contributed by atoms with Crippen molar-refractivity contribution in [2.75, 3.05) is 13.7 Å². The van der Waals surface area contributed by atoms with Gasteiger partial charge in [0.15, 0.2) is 11.5 Å². The molecule has 8 heteroatoms. The Hall–Kier alpha value is -2.77. The molecule has 0 saturated carbocycles. The lowest BCUT2D eigenvalue weighted by atomic mass is 10.0. The molecule has 1 aromatic carbocycles. The Labute approximate surface area is 147 Å². The second-order valence-electron chi connectivity index (χ2n) is 5.66. The number of hydrogen-bond donors (Lipinski definition) is 3. The zero-order chi connectivity index (χ0) is 19.0. The molecule has 0 aliphatic carbocycles. The van der Waals surface area contributed by atoms with Crippen LogP contribution in [0.4, 0.5) is 0 Å². The lowest BCUT2D eigenvalue weighted by Gasteiger charge is -2.21. The average Bonchev–Trinajstić information content (AvgIpc) is 2.57. The molecule has 0 heterocycles. The third-order valence-electron chi connectivity index (χ3n) is 3.33. The summed E-state index contributed by atoms with van der Waals surface area (Å²) >= 11 is 0. The van der Waals surface area contributed by atoms with Crippen LogP contribution < -0.4 is 25.6 Å². The minimum absolute atomic E-state index is 0.133. The lowest BCUT2D eigenvalue weighted by Crippen LogP contribution is -2.54. The molecule has 3 N–H and O–H groups in total. The van der Waals surface area contributed by atoms with Crippen molar-refractivity contribution in [1.29, 1.82) is 0 Å². The van der Waals surface area contributed by atoms with Gasteiger partial charge in [0.1, 0.15) is 6.04 Å². The molecule has 0 radical (unpaired) electrons. The fourth-order valence-corrected chi connectivity index (χ4v) is 2.11. The molecule has 1 atom stereocenters. The largest absolute Gasteiger partial charge is 0.493 e. The third-order valence-corrected chi connectivity index (χ3v) is 3.33. The van der Waals surface area contributed by atoms with Crippen molar-refractivity contribution in [3.05, 3.63) is 23.8 Å². The van der Waals surface area contributed by atoms with E-state index >= 15 is 0 Å². The van der Waals surface area contributed by atoms with Crippen LogP contribution in [0.25, 0.3) is 0 Å². The molecule has 0 unspecified atom stereocenters. The van der Waals surface area contributed by atoms with Crippen LogP contribution >= 0.6 is 0 Å². The first kappa shape index (κ1) is 20.3. The second-order valence-corrected chi connectivity index (χ2v) is 5.66. The maximum Gasteiger partial charge on any atom is 0.269 e. The van der Waals surface area contributed by atoms with Crippen LogP contribution in [0.15, 0.2) is 18.2 Å². The van der Waals surface area contributed by atoms with Crippen molar-refractivity contribution >= 4 is 17.7 Å². The maximum atomic E-state index is 12.2. The van der Waals surface area contributed by atoms with Crippen molar-refractivity contribution in [3.63, 3.8) is 0 Å². The Morgan fingerprint density at radius 3 is 2.32 bits per heavy atom. The van der Waals surface area contributed by atoms with Crippen LogP contribution in [0.5, 0.6) is 11.5 Å². The van der Waals surface area contributed by atoms with E-state index in [1.54, 1.807) is 26.0 Å². The molecule has 3 amide bonds. The van der Waals surface area contributed by atoms with Gasteiger partial charge in [-0.3, -0.25) is 25.2 Å². The number of carbonyl (C=O) groups is 3. The molecule has 0 aliphatic rings. The zero-order valence-corrected chi connectivity index (χ0v) is 15.1. The molecule has 0 saturated heterocycles. The SMILES string of the molecule is CCOc1ccc(C(=O)NNC(=O)[C@H](NC(C)=O)C(C)C)cc1OC. The summed E-state index contributed by atoms with van der Waals surface area (Å²) in [5.41, 5.74) is 4.94. The van der Waals surface area contributed by atoms with Crippen molar-refractivity contribution in [1.82, 2.24) is 16.2 Å². The molecule has 0 aliphatic heterocycles. The minimum Gasteiger partial charge on any atom is -0.493 e. The normalized spacial score (nSPS) is 11.4. The van der Waals surface area contributed by atoms with E-state index in [-0.39, 0.29) is 11.8 Å². The van der Waals surface area contributed by atoms with Crippen molar-refractivity contribution in [3.8, 4) is 11.5 Å². The molecule has 1 aromatic rings. The van der Waals surface area contributed by atoms with Gasteiger partial charge in [0.2, 0.25) is 5.91 Å². The van der Waals surface area contributed by atoms with E-state index in [0.29, 0.717) is 23.7 Å². The fourth-order valence-electron chi connectivity index (χ4n) is 2.11. The van der Waals surface area contributed by atoms with Crippen LogP contribution in [0, 0.1) is 5.92 Å². The minimum atomic E-state index is -0.743. The number of nitrogens with one attached hydrogen (secondary N) is 3. The topological polar surface area (TPSA) is 106 Å². The summed E-state index contributed by atoms with van der Waals surface area (Å²) < 4.78 is 10.6. The maximum absolute atomic E-state index is 12.2. The summed E-state index contributed by atoms with van der Waals surface area (Å²) in [6.07, 6.45) is 0. The van der Waals surface area contributed by atoms with Gasteiger partial charge in [-0.2, -0.15) is 0 Å². The van der Waals surface area contributed by atoms with Gasteiger partial charge in [0.05, 0.1) is 13.7 Å². The van der Waals surface area contributed by atoms with Gasteiger partial charge in [0.25, 0.3) is 11.8 Å². The number of hydrogen-bond acceptors (Lipinski definition) is 5. The molecular formula is C17H25N3O5. The van der Waals surface area contributed by atoms with Crippen LogP contribution in [0.2, 0.25) is 0 Å². The highest BCUT2D eigenvalue weighted by Crippen LogP contribution is 2.27. The van der Waals surface area contributed by atoms with Crippen LogP contribution in [0.3, 0.4) is 0 Å². The molecule has 0 aromatic heterocycles. The predicted octanol–water partition coefficient (Wildman–Crippen LogP) is 1.02. The quantitative estimate of drug-likeness (QED) is 0.636. The molecule has 138 valence electrons. The lowest BCUT2D eigenvalue weighted by molar-refractivity contribution is -0.129. The van der Waals surface area contributed by atoms with Crippen molar-refractivity contribution in [2.45, 2.75) is 33.7 Å². The highest BCUT2D eigenvalue weighted by atomic mass is 16.5. The first-order valence-electron chi connectivity index (χ1n) is 7.98. The average molecular weight is 351 g/mol. The van der Waals surface area contributed by atoms with Gasteiger partial charge in [-0.15, -0.1) is 0 Å². The molecular weight excluding hydrogens is 326 g/mol. The van der Waals surface area contributed by atoms with E-state index < -0.39 is 17.9 Å². The summed E-state index contributed by atoms with van der Waals surface area (Å²) in [4.78, 5) is 35.5. The number of carbonyl (C=O) groups excluding carboxylic acids is 3. The monoisotopic (exact) mass is 351 g/mol. The van der Waals surface area contributed by atoms with E-state index in [0.717, 1.165) is 0 Å². The number of hydrazine groups is 1. The van der Waals surface area contributed by atoms with Gasteiger partial charge in [-0.1, -0.05) is 13.8 Å². The molecule has 0 bridgehead atoms. The highest BCUT2D eigenvalue weighted by Gasteiger charge is 2.23. The smallest absolute Gasteiger partial charge is 0.269 e. The molecule has 25 heavy (non-hydrogen) atoms. The number of ether oxygens (including phenoxy) is 2. The molecule has 1 rings (SSSR count). The Morgan fingerprint density at radius 2 is 1.80 bits per heavy atom. The Kier molecular flexibility index (Phi) is 7.71. The summed E-state index contributed by atoms with van der Waals surface area (Å²) in [7, 11) is 1.47. The summed E-state index contributed by atoms with van der Waals surface area (Å²) in [6.45, 7) is 7.22. The van der Waals surface area contributed by atoms with Crippen LogP contribution in [-0.4, -0.2) is 37.5 Å². The molecule has 0 fully saturated rings. The Balaban J connectivity index is 2.75. The van der Waals surface area contributed by atoms with Crippen molar-refractivity contribution < 1.29 is 23.9 Å². The Morgan fingerprint density at radius 1 is 1.12 bits per heavy atom. The van der Waals surface area contributed by atoms with E-state index in [9.17, 15) is 14.4 Å². The first-order valence-corrected chi connectivity index (χ1v) is 7.98. The summed E-state index contributed by atoms with van der Waals surface area (Å²) in [6, 6.07) is 3.95. The second kappa shape index (κ2) is 9.51. The fraction of sp³-hybridized carbons (Fsp3) is 0.471. The number of rotatable bonds is 7. The highest BCUT2D eigenvalue weighted by molar-refractivity contribution is 5.96. The standard InChI is InChI=1S/C17H25N3O5/c1-6-25-13-8-7-12(9-14(13)24-5)16(22)19-20-17(23)15(10(2)3)18-11(4)21/h7-10,15H,6H2,1-5H3,(H,18,21)(H,19,22)(H,20,23)/t15-/m1/s1. The number of benzene rings is 1. The van der Waals surface area contributed by atoms with Gasteiger partial charge in [-0.05, 0) is 31.0 Å². The summed E-state index contributed by atoms with van der Waals surface area (Å²) in [5.74, 6) is -0.533. The zero-order valence-electron chi connectivity index (χ0n) is 15.1. The number of amides is 3. The first-order chi connectivity index (χ1) is 11.8.